The maximum atomic E-state index is 12.4. The van der Waals surface area contributed by atoms with Gasteiger partial charge in [0.1, 0.15) is 0 Å². The van der Waals surface area contributed by atoms with E-state index in [-0.39, 0.29) is 24.1 Å². The number of carbonyl (C=O) groups excluding carboxylic acids is 1. The maximum absolute atomic E-state index is 12.4. The van der Waals surface area contributed by atoms with Gasteiger partial charge in [-0.3, -0.25) is 4.79 Å². The van der Waals surface area contributed by atoms with Crippen LogP contribution in [0.4, 0.5) is 0 Å². The van der Waals surface area contributed by atoms with Crippen LogP contribution in [-0.2, 0) is 4.79 Å². The number of carbonyl (C=O) groups is 1. The molecule has 0 radical (unpaired) electrons. The molecule has 17 heavy (non-hydrogen) atoms. The Kier molecular flexibility index (Phi) is 4.05. The molecular formula is C13H24N2O2. The molecule has 2 fully saturated rings. The number of piperidine rings is 1. The largest absolute Gasteiger partial charge is 0.394 e. The van der Waals surface area contributed by atoms with E-state index >= 15 is 0 Å². The highest BCUT2D eigenvalue weighted by molar-refractivity contribution is 5.83. The van der Waals surface area contributed by atoms with Crippen LogP contribution in [0.5, 0.6) is 0 Å². The summed E-state index contributed by atoms with van der Waals surface area (Å²) < 4.78 is 0. The van der Waals surface area contributed by atoms with E-state index in [4.69, 9.17) is 0 Å². The highest BCUT2D eigenvalue weighted by Crippen LogP contribution is 2.39. The highest BCUT2D eigenvalue weighted by atomic mass is 16.3. The molecule has 1 heterocycles. The third-order valence-electron chi connectivity index (χ3n) is 4.23. The van der Waals surface area contributed by atoms with Gasteiger partial charge < -0.3 is 15.3 Å². The normalized spacial score (nSPS) is 28.0. The molecule has 1 amide bonds. The molecule has 1 saturated heterocycles. The molecule has 1 aliphatic heterocycles. The lowest BCUT2D eigenvalue weighted by Gasteiger charge is -2.51. The monoisotopic (exact) mass is 240 g/mol. The van der Waals surface area contributed by atoms with Crippen molar-refractivity contribution in [2.45, 2.75) is 57.0 Å². The molecule has 1 unspecified atom stereocenters. The highest BCUT2D eigenvalue weighted by Gasteiger charge is 2.46. The standard InChI is InChI=1S/C13H24N2O2/c1-2-8-14-11-5-3-9-15(12(11)17)13(10-16)6-4-7-13/h11,14,16H,2-10H2,1H3. The van der Waals surface area contributed by atoms with Crippen molar-refractivity contribution in [3.05, 3.63) is 0 Å². The van der Waals surface area contributed by atoms with Crippen LogP contribution in [0.25, 0.3) is 0 Å². The minimum absolute atomic E-state index is 0.0206. The van der Waals surface area contributed by atoms with Gasteiger partial charge in [0.25, 0.3) is 0 Å². The second kappa shape index (κ2) is 5.36. The molecule has 0 aromatic rings. The Labute approximate surface area is 103 Å². The zero-order valence-corrected chi connectivity index (χ0v) is 10.7. The second-order valence-corrected chi connectivity index (χ2v) is 5.37. The molecule has 1 aliphatic carbocycles. The van der Waals surface area contributed by atoms with E-state index in [0.717, 1.165) is 51.6 Å². The van der Waals surface area contributed by atoms with Crippen molar-refractivity contribution in [3.63, 3.8) is 0 Å². The van der Waals surface area contributed by atoms with Gasteiger partial charge in [-0.25, -0.2) is 0 Å². The van der Waals surface area contributed by atoms with Gasteiger partial charge in [0.15, 0.2) is 0 Å². The predicted molar refractivity (Wildman–Crippen MR) is 66.7 cm³/mol. The summed E-state index contributed by atoms with van der Waals surface area (Å²) in [5.74, 6) is 0.207. The van der Waals surface area contributed by atoms with Crippen molar-refractivity contribution in [3.8, 4) is 0 Å². The third-order valence-corrected chi connectivity index (χ3v) is 4.23. The average Bonchev–Trinajstić information content (AvgIpc) is 2.29. The van der Waals surface area contributed by atoms with Crippen LogP contribution in [0.3, 0.4) is 0 Å². The molecule has 2 N–H and O–H groups in total. The van der Waals surface area contributed by atoms with Crippen LogP contribution in [0, 0.1) is 0 Å². The molecule has 1 saturated carbocycles. The number of aliphatic hydroxyl groups is 1. The van der Waals surface area contributed by atoms with E-state index in [2.05, 4.69) is 12.2 Å². The van der Waals surface area contributed by atoms with Crippen LogP contribution in [0.2, 0.25) is 0 Å². The first kappa shape index (κ1) is 12.8. The van der Waals surface area contributed by atoms with Crippen molar-refractivity contribution >= 4 is 5.91 Å². The summed E-state index contributed by atoms with van der Waals surface area (Å²) in [6.45, 7) is 3.96. The molecule has 2 rings (SSSR count). The first-order valence-corrected chi connectivity index (χ1v) is 6.89. The summed E-state index contributed by atoms with van der Waals surface area (Å²) in [6.07, 6.45) is 6.11. The maximum Gasteiger partial charge on any atom is 0.240 e. The number of aliphatic hydroxyl groups excluding tert-OH is 1. The molecule has 2 aliphatic rings. The van der Waals surface area contributed by atoms with Crippen LogP contribution in [-0.4, -0.2) is 47.2 Å². The summed E-state index contributed by atoms with van der Waals surface area (Å²) in [5.41, 5.74) is -0.219. The fourth-order valence-corrected chi connectivity index (χ4v) is 2.95. The fourth-order valence-electron chi connectivity index (χ4n) is 2.95. The van der Waals surface area contributed by atoms with Gasteiger partial charge in [0, 0.05) is 6.54 Å². The van der Waals surface area contributed by atoms with E-state index < -0.39 is 0 Å². The Bertz CT molecular complexity index is 271. The van der Waals surface area contributed by atoms with Crippen LogP contribution >= 0.6 is 0 Å². The number of nitrogens with one attached hydrogen (secondary N) is 1. The molecule has 4 heteroatoms. The van der Waals surface area contributed by atoms with Gasteiger partial charge in [-0.2, -0.15) is 0 Å². The molecule has 0 spiro atoms. The van der Waals surface area contributed by atoms with E-state index in [1.165, 1.54) is 0 Å². The molecule has 0 aromatic heterocycles. The van der Waals surface area contributed by atoms with E-state index in [9.17, 15) is 9.90 Å². The number of nitrogens with zero attached hydrogens (tertiary/aromatic N) is 1. The van der Waals surface area contributed by atoms with E-state index in [0.29, 0.717) is 0 Å². The summed E-state index contributed by atoms with van der Waals surface area (Å²) >= 11 is 0. The van der Waals surface area contributed by atoms with Gasteiger partial charge in [-0.05, 0) is 45.1 Å². The first-order chi connectivity index (χ1) is 8.23. The van der Waals surface area contributed by atoms with Gasteiger partial charge in [-0.1, -0.05) is 6.92 Å². The van der Waals surface area contributed by atoms with Crippen molar-refractivity contribution in [1.29, 1.82) is 0 Å². The minimum atomic E-state index is -0.219. The van der Waals surface area contributed by atoms with Crippen molar-refractivity contribution in [2.75, 3.05) is 19.7 Å². The predicted octanol–water partition coefficient (Wildman–Crippen LogP) is 0.892. The van der Waals surface area contributed by atoms with Gasteiger partial charge >= 0.3 is 0 Å². The molecule has 0 aromatic carbocycles. The Balaban J connectivity index is 2.00. The zero-order chi connectivity index (χ0) is 12.3. The third kappa shape index (κ3) is 2.33. The minimum Gasteiger partial charge on any atom is -0.394 e. The Morgan fingerprint density at radius 3 is 2.76 bits per heavy atom. The van der Waals surface area contributed by atoms with E-state index in [1.807, 2.05) is 4.90 Å². The van der Waals surface area contributed by atoms with Crippen LogP contribution in [0.15, 0.2) is 0 Å². The van der Waals surface area contributed by atoms with Crippen LogP contribution in [0.1, 0.15) is 45.4 Å². The summed E-state index contributed by atoms with van der Waals surface area (Å²) in [4.78, 5) is 14.3. The summed E-state index contributed by atoms with van der Waals surface area (Å²) in [5, 5.41) is 12.9. The summed E-state index contributed by atoms with van der Waals surface area (Å²) in [6, 6.07) is -0.0206. The lowest BCUT2D eigenvalue weighted by atomic mass is 9.74. The average molecular weight is 240 g/mol. The molecule has 98 valence electrons. The quantitative estimate of drug-likeness (QED) is 0.750. The smallest absolute Gasteiger partial charge is 0.240 e. The lowest BCUT2D eigenvalue weighted by Crippen LogP contribution is -2.64. The number of rotatable bonds is 5. The molecule has 1 atom stereocenters. The number of hydrogen-bond donors (Lipinski definition) is 2. The topological polar surface area (TPSA) is 52.6 Å². The van der Waals surface area contributed by atoms with Gasteiger partial charge in [0.05, 0.1) is 18.2 Å². The first-order valence-electron chi connectivity index (χ1n) is 6.89. The van der Waals surface area contributed by atoms with Gasteiger partial charge in [0.2, 0.25) is 5.91 Å². The van der Waals surface area contributed by atoms with Crippen molar-refractivity contribution in [1.82, 2.24) is 10.2 Å². The number of likely N-dealkylation sites (tertiary alicyclic amines) is 1. The van der Waals surface area contributed by atoms with E-state index in [1.54, 1.807) is 0 Å². The lowest BCUT2D eigenvalue weighted by molar-refractivity contribution is -0.150. The van der Waals surface area contributed by atoms with Crippen molar-refractivity contribution < 1.29 is 9.90 Å². The zero-order valence-electron chi connectivity index (χ0n) is 10.7. The molecule has 0 bridgehead atoms. The number of amides is 1. The Morgan fingerprint density at radius 2 is 2.24 bits per heavy atom. The molecular weight excluding hydrogens is 216 g/mol. The fraction of sp³-hybridized carbons (Fsp3) is 0.923. The van der Waals surface area contributed by atoms with Gasteiger partial charge in [-0.15, -0.1) is 0 Å². The number of hydrogen-bond acceptors (Lipinski definition) is 3. The Morgan fingerprint density at radius 1 is 1.47 bits per heavy atom. The van der Waals surface area contributed by atoms with Crippen molar-refractivity contribution in [2.24, 2.45) is 0 Å². The molecule has 4 nitrogen and oxygen atoms in total. The van der Waals surface area contributed by atoms with Crippen LogP contribution < -0.4 is 5.32 Å². The Hall–Kier alpha value is -0.610. The second-order valence-electron chi connectivity index (χ2n) is 5.37. The summed E-state index contributed by atoms with van der Waals surface area (Å²) in [7, 11) is 0. The SMILES string of the molecule is CCCNC1CCCN(C2(CO)CCC2)C1=O.